The van der Waals surface area contributed by atoms with E-state index in [0.717, 1.165) is 6.07 Å². The lowest BCUT2D eigenvalue weighted by Gasteiger charge is -2.38. The first-order chi connectivity index (χ1) is 12.7. The van der Waals surface area contributed by atoms with E-state index in [4.69, 9.17) is 9.47 Å². The van der Waals surface area contributed by atoms with Gasteiger partial charge in [-0.05, 0) is 40.7 Å². The summed E-state index contributed by atoms with van der Waals surface area (Å²) in [4.78, 5) is 12.4. The van der Waals surface area contributed by atoms with Crippen molar-refractivity contribution in [2.75, 3.05) is 13.2 Å². The number of alkyl halides is 3. The number of benzene rings is 1. The molecule has 0 amide bonds. The lowest BCUT2D eigenvalue weighted by Crippen LogP contribution is -2.58. The van der Waals surface area contributed by atoms with Gasteiger partial charge in [0.15, 0.2) is 6.10 Å². The number of esters is 1. The van der Waals surface area contributed by atoms with Crippen LogP contribution >= 0.6 is 0 Å². The van der Waals surface area contributed by atoms with Crippen molar-refractivity contribution < 1.29 is 36.0 Å². The van der Waals surface area contributed by atoms with Crippen molar-refractivity contribution in [3.63, 3.8) is 0 Å². The van der Waals surface area contributed by atoms with Crippen LogP contribution in [0.2, 0.25) is 0 Å². The normalized spacial score (nSPS) is 16.9. The Morgan fingerprint density at radius 3 is 2.21 bits per heavy atom. The van der Waals surface area contributed by atoms with E-state index in [2.05, 4.69) is 4.72 Å². The van der Waals surface area contributed by atoms with Gasteiger partial charge in [0, 0.05) is 5.56 Å². The number of carbonyl (C=O) groups is 1. The molecule has 1 unspecified atom stereocenters. The van der Waals surface area contributed by atoms with Crippen LogP contribution in [0, 0.1) is 5.82 Å². The Labute approximate surface area is 164 Å². The maximum Gasteiger partial charge on any atom is 0.411 e. The maximum absolute atomic E-state index is 14.5. The minimum atomic E-state index is -4.73. The summed E-state index contributed by atoms with van der Waals surface area (Å²) in [5.74, 6) is -1.93. The van der Waals surface area contributed by atoms with Crippen molar-refractivity contribution >= 4 is 17.0 Å². The number of ether oxygens (including phenoxy) is 2. The van der Waals surface area contributed by atoms with Crippen LogP contribution < -0.4 is 4.72 Å². The van der Waals surface area contributed by atoms with E-state index in [-0.39, 0.29) is 12.2 Å². The first-order valence-electron chi connectivity index (χ1n) is 8.52. The second kappa shape index (κ2) is 9.32. The van der Waals surface area contributed by atoms with Crippen molar-refractivity contribution in [2.24, 2.45) is 0 Å². The highest BCUT2D eigenvalue weighted by molar-refractivity contribution is 7.84. The molecule has 1 N–H and O–H groups in total. The van der Waals surface area contributed by atoms with Crippen molar-refractivity contribution in [3.8, 4) is 0 Å². The van der Waals surface area contributed by atoms with Gasteiger partial charge in [0.2, 0.25) is 0 Å². The molecule has 3 atom stereocenters. The molecule has 0 aliphatic heterocycles. The van der Waals surface area contributed by atoms with E-state index < -0.39 is 51.9 Å². The number of nitrogens with one attached hydrogen (secondary N) is 1. The third kappa shape index (κ3) is 6.52. The summed E-state index contributed by atoms with van der Waals surface area (Å²) in [7, 11) is -1.87. The predicted octanol–water partition coefficient (Wildman–Crippen LogP) is 3.60. The van der Waals surface area contributed by atoms with E-state index in [9.17, 15) is 26.6 Å². The molecule has 0 saturated heterocycles. The molecule has 160 valence electrons. The molecule has 0 heterocycles. The van der Waals surface area contributed by atoms with Crippen LogP contribution in [0.15, 0.2) is 24.3 Å². The first-order valence-corrected chi connectivity index (χ1v) is 9.67. The summed E-state index contributed by atoms with van der Waals surface area (Å²) in [6.07, 6.45) is -6.64. The average Bonchev–Trinajstić information content (AvgIpc) is 2.53. The lowest BCUT2D eigenvalue weighted by atomic mass is 9.86. The van der Waals surface area contributed by atoms with Crippen molar-refractivity contribution in [3.05, 3.63) is 35.6 Å². The van der Waals surface area contributed by atoms with Crippen LogP contribution in [0.3, 0.4) is 0 Å². The molecule has 1 aromatic carbocycles. The van der Waals surface area contributed by atoms with Crippen LogP contribution in [-0.2, 0) is 30.8 Å². The van der Waals surface area contributed by atoms with Gasteiger partial charge in [-0.25, -0.2) is 18.1 Å². The molecule has 0 fully saturated rings. The molecular formula is C18H25F4NO4S. The summed E-state index contributed by atoms with van der Waals surface area (Å²) in [5.41, 5.74) is -2.08. The molecule has 0 aliphatic rings. The van der Waals surface area contributed by atoms with Crippen molar-refractivity contribution in [2.45, 2.75) is 57.2 Å². The largest absolute Gasteiger partial charge is 0.464 e. The van der Waals surface area contributed by atoms with Gasteiger partial charge in [-0.2, -0.15) is 13.2 Å². The zero-order valence-electron chi connectivity index (χ0n) is 16.4. The summed E-state index contributed by atoms with van der Waals surface area (Å²) >= 11 is 0. The Balaban J connectivity index is 3.51. The van der Waals surface area contributed by atoms with Gasteiger partial charge in [0.05, 0.1) is 27.9 Å². The predicted molar refractivity (Wildman–Crippen MR) is 97.2 cm³/mol. The highest BCUT2D eigenvalue weighted by Crippen LogP contribution is 2.33. The zero-order chi connectivity index (χ0) is 21.8. The molecule has 0 spiro atoms. The second-order valence-electron chi connectivity index (χ2n) is 7.22. The minimum absolute atomic E-state index is 0.125. The van der Waals surface area contributed by atoms with Gasteiger partial charge in [-0.15, -0.1) is 0 Å². The standard InChI is InChI=1S/C18H25F4NO4S/c1-6-26-15(24)14(27-11-18(20,21)22)17(5,23-28(25)16(2,3)4)12-9-7-8-10-13(12)19/h7-10,14,23H,6,11H2,1-5H3/t14-,17+,28?/m0/s1. The quantitative estimate of drug-likeness (QED) is 0.509. The van der Waals surface area contributed by atoms with Crippen molar-refractivity contribution in [1.29, 1.82) is 0 Å². The molecule has 28 heavy (non-hydrogen) atoms. The number of hydrogen-bond donors (Lipinski definition) is 1. The van der Waals surface area contributed by atoms with E-state index in [1.54, 1.807) is 20.8 Å². The van der Waals surface area contributed by atoms with Crippen LogP contribution in [0.1, 0.15) is 40.2 Å². The van der Waals surface area contributed by atoms with Gasteiger partial charge >= 0.3 is 12.1 Å². The van der Waals surface area contributed by atoms with E-state index in [1.807, 2.05) is 0 Å². The third-order valence-corrected chi connectivity index (χ3v) is 5.45. The highest BCUT2D eigenvalue weighted by atomic mass is 32.2. The van der Waals surface area contributed by atoms with Gasteiger partial charge < -0.3 is 9.47 Å². The molecule has 5 nitrogen and oxygen atoms in total. The summed E-state index contributed by atoms with van der Waals surface area (Å²) < 4.78 is 77.0. The lowest BCUT2D eigenvalue weighted by molar-refractivity contribution is -0.202. The number of halogens is 4. The molecule has 0 saturated carbocycles. The molecule has 1 aromatic rings. The Hall–Kier alpha value is -1.52. The number of hydrogen-bond acceptors (Lipinski definition) is 4. The van der Waals surface area contributed by atoms with Crippen LogP contribution in [0.25, 0.3) is 0 Å². The maximum atomic E-state index is 14.5. The fourth-order valence-electron chi connectivity index (χ4n) is 2.34. The molecule has 0 aliphatic carbocycles. The van der Waals surface area contributed by atoms with Gasteiger partial charge in [-0.3, -0.25) is 0 Å². The van der Waals surface area contributed by atoms with E-state index >= 15 is 0 Å². The number of rotatable bonds is 8. The highest BCUT2D eigenvalue weighted by Gasteiger charge is 2.48. The molecule has 0 aromatic heterocycles. The van der Waals surface area contributed by atoms with Crippen molar-refractivity contribution in [1.82, 2.24) is 4.72 Å². The average molecular weight is 427 g/mol. The summed E-state index contributed by atoms with van der Waals surface area (Å²) in [6.45, 7) is 5.70. The van der Waals surface area contributed by atoms with E-state index in [0.29, 0.717) is 0 Å². The fraction of sp³-hybridized carbons (Fsp3) is 0.611. The Morgan fingerprint density at radius 1 is 1.18 bits per heavy atom. The zero-order valence-corrected chi connectivity index (χ0v) is 17.2. The molecule has 0 bridgehead atoms. The third-order valence-electron chi connectivity index (χ3n) is 3.73. The van der Waals surface area contributed by atoms with Gasteiger partial charge in [-0.1, -0.05) is 18.2 Å². The Kier molecular flexibility index (Phi) is 8.16. The monoisotopic (exact) mass is 427 g/mol. The van der Waals surface area contributed by atoms with Crippen LogP contribution in [0.5, 0.6) is 0 Å². The minimum Gasteiger partial charge on any atom is -0.464 e. The second-order valence-corrected chi connectivity index (χ2v) is 9.19. The molecule has 10 heteroatoms. The number of carbonyl (C=O) groups excluding carboxylic acids is 1. The van der Waals surface area contributed by atoms with Crippen LogP contribution in [-0.4, -0.2) is 40.4 Å². The topological polar surface area (TPSA) is 64.6 Å². The Morgan fingerprint density at radius 2 is 1.75 bits per heavy atom. The first kappa shape index (κ1) is 24.5. The molecule has 0 radical (unpaired) electrons. The SMILES string of the molecule is CCOC(=O)[C@H](OCC(F)(F)F)[C@](C)(NS(=O)C(C)(C)C)c1ccccc1F. The Bertz CT molecular complexity index is 706. The van der Waals surface area contributed by atoms with Crippen LogP contribution in [0.4, 0.5) is 17.6 Å². The molecule has 1 rings (SSSR count). The molecular weight excluding hydrogens is 402 g/mol. The summed E-state index contributed by atoms with van der Waals surface area (Å²) in [5, 5.41) is 0. The fourth-order valence-corrected chi connectivity index (χ4v) is 3.25. The van der Waals surface area contributed by atoms with E-state index in [1.165, 1.54) is 32.0 Å². The van der Waals surface area contributed by atoms with Gasteiger partial charge in [0.1, 0.15) is 12.4 Å². The summed E-state index contributed by atoms with van der Waals surface area (Å²) in [6, 6.07) is 5.20. The van der Waals surface area contributed by atoms with Gasteiger partial charge in [0.25, 0.3) is 0 Å². The smallest absolute Gasteiger partial charge is 0.411 e.